The van der Waals surface area contributed by atoms with Gasteiger partial charge in [0.1, 0.15) is 12.2 Å². The van der Waals surface area contributed by atoms with E-state index in [1.165, 1.54) is 53.7 Å². The molecular formula is C42H50Cl2N6. The lowest BCUT2D eigenvalue weighted by atomic mass is 9.93. The van der Waals surface area contributed by atoms with Gasteiger partial charge in [0.15, 0.2) is 0 Å². The van der Waals surface area contributed by atoms with Gasteiger partial charge in [-0.15, -0.1) is 0 Å². The van der Waals surface area contributed by atoms with Crippen molar-refractivity contribution in [3.05, 3.63) is 130 Å². The minimum atomic E-state index is 0.340. The molecule has 3 heterocycles. The molecule has 262 valence electrons. The van der Waals surface area contributed by atoms with Crippen LogP contribution in [0.4, 0.5) is 17.1 Å². The van der Waals surface area contributed by atoms with E-state index in [2.05, 4.69) is 99.8 Å². The molecule has 0 N–H and O–H groups in total. The average Bonchev–Trinajstić information content (AvgIpc) is 3.78. The first kappa shape index (κ1) is 35.8. The number of rotatable bonds is 9. The smallest absolute Gasteiger partial charge is 0.128 e. The molecule has 3 atom stereocenters. The molecule has 2 unspecified atom stereocenters. The summed E-state index contributed by atoms with van der Waals surface area (Å²) in [5.74, 6) is 2.24. The summed E-state index contributed by atoms with van der Waals surface area (Å²) in [4.78, 5) is 10.9. The summed E-state index contributed by atoms with van der Waals surface area (Å²) in [6.07, 6.45) is 12.6. The van der Waals surface area contributed by atoms with Crippen molar-refractivity contribution in [2.75, 3.05) is 40.9 Å². The molecule has 0 amide bonds. The van der Waals surface area contributed by atoms with Gasteiger partial charge in [0, 0.05) is 65.7 Å². The number of hydrogen-bond donors (Lipinski definition) is 0. The molecule has 2 aliphatic heterocycles. The Bertz CT molecular complexity index is 1720. The van der Waals surface area contributed by atoms with Gasteiger partial charge in [-0.1, -0.05) is 54.9 Å². The maximum absolute atomic E-state index is 6.50. The molecule has 7 rings (SSSR count). The summed E-state index contributed by atoms with van der Waals surface area (Å²) in [5, 5.41) is 8.10. The molecule has 1 aromatic heterocycles. The summed E-state index contributed by atoms with van der Waals surface area (Å²) >= 11 is 12.6. The van der Waals surface area contributed by atoms with E-state index < -0.39 is 0 Å². The molecule has 2 fully saturated rings. The van der Waals surface area contributed by atoms with Crippen LogP contribution < -0.4 is 14.7 Å². The third kappa shape index (κ3) is 8.83. The molecule has 0 bridgehead atoms. The Kier molecular flexibility index (Phi) is 12.0. The molecule has 1 saturated carbocycles. The Hall–Kier alpha value is -4.00. The first-order valence-electron chi connectivity index (χ1n) is 18.1. The highest BCUT2D eigenvalue weighted by Crippen LogP contribution is 2.43. The normalized spacial score (nSPS) is 19.5. The third-order valence-corrected chi connectivity index (χ3v) is 11.1. The van der Waals surface area contributed by atoms with Crippen LogP contribution in [-0.2, 0) is 6.42 Å². The first-order chi connectivity index (χ1) is 24.3. The van der Waals surface area contributed by atoms with Gasteiger partial charge in [-0.2, -0.15) is 5.10 Å². The van der Waals surface area contributed by atoms with Crippen molar-refractivity contribution < 1.29 is 0 Å². The molecule has 4 aromatic rings. The van der Waals surface area contributed by atoms with Crippen molar-refractivity contribution >= 4 is 46.6 Å². The Morgan fingerprint density at radius 3 is 2.02 bits per heavy atom. The van der Waals surface area contributed by atoms with E-state index in [1.54, 1.807) is 12.4 Å². The Morgan fingerprint density at radius 2 is 1.44 bits per heavy atom. The number of piperazine rings is 1. The van der Waals surface area contributed by atoms with E-state index in [9.17, 15) is 0 Å². The fourth-order valence-corrected chi connectivity index (χ4v) is 7.84. The number of benzene rings is 3. The largest absolute Gasteiger partial charge is 0.368 e. The van der Waals surface area contributed by atoms with Gasteiger partial charge in [0.05, 0.1) is 6.04 Å². The number of aromatic nitrogens is 1. The zero-order valence-electron chi connectivity index (χ0n) is 29.7. The molecule has 3 aromatic carbocycles. The Morgan fingerprint density at radius 1 is 0.820 bits per heavy atom. The van der Waals surface area contributed by atoms with Crippen LogP contribution in [0.5, 0.6) is 0 Å². The topological polar surface area (TPSA) is 38.2 Å². The monoisotopic (exact) mass is 708 g/mol. The number of halogens is 2. The van der Waals surface area contributed by atoms with E-state index in [-0.39, 0.29) is 0 Å². The SMILES string of the molecule is C=C1N(c2ccc(N3CCN(c4ccc(CC[C@@H]5CCC(c6ccc(Cl)cc6Cl)C5)cc4)CC3)cc2)C=NN1C(C)CC.Cc1ccncc1. The molecule has 0 radical (unpaired) electrons. The van der Waals surface area contributed by atoms with Crippen molar-refractivity contribution in [3.8, 4) is 0 Å². The van der Waals surface area contributed by atoms with Crippen molar-refractivity contribution in [1.29, 1.82) is 0 Å². The van der Waals surface area contributed by atoms with E-state index in [0.717, 1.165) is 61.5 Å². The molecular weight excluding hydrogens is 659 g/mol. The van der Waals surface area contributed by atoms with Gasteiger partial charge in [-0.3, -0.25) is 9.88 Å². The predicted octanol–water partition coefficient (Wildman–Crippen LogP) is 10.6. The first-order valence-corrected chi connectivity index (χ1v) is 18.9. The van der Waals surface area contributed by atoms with Crippen LogP contribution in [0.25, 0.3) is 0 Å². The molecule has 1 aliphatic carbocycles. The summed E-state index contributed by atoms with van der Waals surface area (Å²) in [6.45, 7) is 14.7. The highest BCUT2D eigenvalue weighted by Gasteiger charge is 2.28. The number of hydrazone groups is 1. The van der Waals surface area contributed by atoms with Gasteiger partial charge < -0.3 is 9.80 Å². The summed E-state index contributed by atoms with van der Waals surface area (Å²) in [7, 11) is 0. The van der Waals surface area contributed by atoms with Gasteiger partial charge in [0.2, 0.25) is 0 Å². The third-order valence-electron chi connectivity index (χ3n) is 10.5. The van der Waals surface area contributed by atoms with E-state index in [1.807, 2.05) is 42.5 Å². The standard InChI is InChI=1S/C36H43Cl2N5.C6H7N/c1-4-26(2)43-27(3)42(25-39-43)34-16-14-33(15-17-34)41-21-19-40(20-22-41)32-12-8-28(9-13-32)5-6-29-7-10-30(23-29)35-18-11-31(37)24-36(35)38;1-6-2-4-7-5-3-6/h8-9,11-18,24-26,29-30H,3-7,10,19-23H2,1-2H3;2-5H,1H3/t26?,29-,30?;/m1./s1. The highest BCUT2D eigenvalue weighted by molar-refractivity contribution is 6.35. The quantitative estimate of drug-likeness (QED) is 0.173. The summed E-state index contributed by atoms with van der Waals surface area (Å²) in [5.41, 5.74) is 7.66. The van der Waals surface area contributed by atoms with Crippen LogP contribution in [-0.4, -0.2) is 48.6 Å². The second kappa shape index (κ2) is 16.8. The number of hydrogen-bond acceptors (Lipinski definition) is 6. The minimum Gasteiger partial charge on any atom is -0.368 e. The Labute approximate surface area is 309 Å². The number of pyridine rings is 1. The fraction of sp³-hybridized carbons (Fsp3) is 0.381. The zero-order valence-corrected chi connectivity index (χ0v) is 31.2. The lowest BCUT2D eigenvalue weighted by molar-refractivity contribution is 0.286. The van der Waals surface area contributed by atoms with Crippen LogP contribution in [0.1, 0.15) is 68.6 Å². The van der Waals surface area contributed by atoms with Crippen molar-refractivity contribution in [2.24, 2.45) is 11.0 Å². The molecule has 0 spiro atoms. The van der Waals surface area contributed by atoms with Crippen LogP contribution in [0, 0.1) is 12.8 Å². The van der Waals surface area contributed by atoms with Crippen LogP contribution in [0.3, 0.4) is 0 Å². The van der Waals surface area contributed by atoms with Crippen molar-refractivity contribution in [3.63, 3.8) is 0 Å². The summed E-state index contributed by atoms with van der Waals surface area (Å²) in [6, 6.07) is 28.4. The minimum absolute atomic E-state index is 0.340. The fourth-order valence-electron chi connectivity index (χ4n) is 7.28. The lowest BCUT2D eigenvalue weighted by Crippen LogP contribution is -2.46. The second-order valence-electron chi connectivity index (χ2n) is 13.9. The van der Waals surface area contributed by atoms with Gasteiger partial charge in [0.25, 0.3) is 0 Å². The van der Waals surface area contributed by atoms with Crippen molar-refractivity contribution in [2.45, 2.75) is 71.3 Å². The molecule has 3 aliphatic rings. The second-order valence-corrected chi connectivity index (χ2v) is 14.7. The van der Waals surface area contributed by atoms with Gasteiger partial charge in [-0.25, -0.2) is 5.01 Å². The van der Waals surface area contributed by atoms with Crippen LogP contribution in [0.2, 0.25) is 10.0 Å². The molecule has 6 nitrogen and oxygen atoms in total. The van der Waals surface area contributed by atoms with Crippen molar-refractivity contribution in [1.82, 2.24) is 9.99 Å². The lowest BCUT2D eigenvalue weighted by Gasteiger charge is -2.37. The number of nitrogens with zero attached hydrogens (tertiary/aromatic N) is 6. The molecule has 50 heavy (non-hydrogen) atoms. The van der Waals surface area contributed by atoms with Crippen LogP contribution in [0.15, 0.2) is 109 Å². The van der Waals surface area contributed by atoms with Crippen LogP contribution >= 0.6 is 23.2 Å². The Balaban J connectivity index is 0.000000552. The highest BCUT2D eigenvalue weighted by atomic mass is 35.5. The van der Waals surface area contributed by atoms with E-state index in [4.69, 9.17) is 23.2 Å². The van der Waals surface area contributed by atoms with Gasteiger partial charge in [-0.05, 0) is 142 Å². The maximum Gasteiger partial charge on any atom is 0.128 e. The van der Waals surface area contributed by atoms with E-state index >= 15 is 0 Å². The zero-order chi connectivity index (χ0) is 35.0. The average molecular weight is 710 g/mol. The number of aryl methyl sites for hydroxylation is 2. The van der Waals surface area contributed by atoms with Gasteiger partial charge >= 0.3 is 0 Å². The number of anilines is 3. The maximum atomic E-state index is 6.50. The molecule has 1 saturated heterocycles. The summed E-state index contributed by atoms with van der Waals surface area (Å²) < 4.78 is 0. The van der Waals surface area contributed by atoms with E-state index in [0.29, 0.717) is 17.0 Å². The predicted molar refractivity (Wildman–Crippen MR) is 213 cm³/mol. The molecule has 8 heteroatoms.